The Balaban J connectivity index is 0.000000146. The molecule has 2 fully saturated rings. The largest absolute Gasteiger partial charge is 0.476 e. The molecule has 6 aromatic rings. The number of H-pyrrole nitrogens is 1. The van der Waals surface area contributed by atoms with E-state index in [0.717, 1.165) is 67.4 Å². The summed E-state index contributed by atoms with van der Waals surface area (Å²) in [5.41, 5.74) is 15.1. The van der Waals surface area contributed by atoms with Crippen molar-refractivity contribution in [3.8, 4) is 0 Å². The van der Waals surface area contributed by atoms with Crippen LogP contribution in [0.1, 0.15) is 88.7 Å². The summed E-state index contributed by atoms with van der Waals surface area (Å²) >= 11 is 0. The highest BCUT2D eigenvalue weighted by Crippen LogP contribution is 2.60. The van der Waals surface area contributed by atoms with Gasteiger partial charge in [0.2, 0.25) is 0 Å². The molecule has 0 bridgehead atoms. The van der Waals surface area contributed by atoms with Crippen LogP contribution in [0.25, 0.3) is 0 Å². The average molecular weight is 859 g/mol. The predicted octanol–water partition coefficient (Wildman–Crippen LogP) is 8.20. The first kappa shape index (κ1) is 44.3. The number of aromatic carboxylic acids is 1. The molecular weight excluding hydrogens is 797 g/mol. The third-order valence-electron chi connectivity index (χ3n) is 12.8. The molecule has 0 spiro atoms. The maximum Gasteiger partial charge on any atom is 0.356 e. The number of carboxylic acids is 1. The molecule has 0 saturated heterocycles. The lowest BCUT2D eigenvalue weighted by atomic mass is 9.87. The average Bonchev–Trinajstić information content (AvgIpc) is 3.61. The van der Waals surface area contributed by atoms with Crippen LogP contribution < -0.4 is 11.1 Å². The Morgan fingerprint density at radius 2 is 1.47 bits per heavy atom. The lowest BCUT2D eigenvalue weighted by Crippen LogP contribution is -2.23. The van der Waals surface area contributed by atoms with E-state index in [9.17, 15) is 14.7 Å². The van der Waals surface area contributed by atoms with E-state index in [-0.39, 0.29) is 19.0 Å². The van der Waals surface area contributed by atoms with Crippen LogP contribution >= 0.6 is 0 Å². The van der Waals surface area contributed by atoms with Crippen LogP contribution in [0.5, 0.6) is 0 Å². The van der Waals surface area contributed by atoms with Crippen molar-refractivity contribution >= 4 is 31.3 Å². The number of aromatic amines is 1. The van der Waals surface area contributed by atoms with Gasteiger partial charge >= 0.3 is 5.97 Å². The molecule has 14 nitrogen and oxygen atoms in total. The summed E-state index contributed by atoms with van der Waals surface area (Å²) in [7, 11) is -1.10. The van der Waals surface area contributed by atoms with Gasteiger partial charge in [0.05, 0.1) is 36.9 Å². The normalized spacial score (nSPS) is 21.2. The van der Waals surface area contributed by atoms with Gasteiger partial charge in [-0.1, -0.05) is 102 Å². The molecule has 2 aromatic carbocycles. The van der Waals surface area contributed by atoms with E-state index in [1.54, 1.807) is 17.1 Å². The molecule has 10 rings (SSSR count). The van der Waals surface area contributed by atoms with Gasteiger partial charge in [0.25, 0.3) is 5.91 Å². The lowest BCUT2D eigenvalue weighted by molar-refractivity contribution is 0.0667. The number of ether oxygens (including phenoxy) is 1. The number of nitrogen functional groups attached to an aromatic ring is 1. The van der Waals surface area contributed by atoms with E-state index in [2.05, 4.69) is 88.6 Å². The van der Waals surface area contributed by atoms with Crippen molar-refractivity contribution in [2.24, 2.45) is 22.7 Å². The van der Waals surface area contributed by atoms with E-state index in [1.807, 2.05) is 58.2 Å². The van der Waals surface area contributed by atoms with Gasteiger partial charge in [-0.15, -0.1) is 0 Å². The van der Waals surface area contributed by atoms with E-state index in [0.29, 0.717) is 53.0 Å². The zero-order valence-corrected chi connectivity index (χ0v) is 36.9. The Labute approximate surface area is 365 Å². The van der Waals surface area contributed by atoms with Gasteiger partial charge < -0.3 is 20.9 Å². The minimum atomic E-state index is -1.10. The summed E-state index contributed by atoms with van der Waals surface area (Å²) in [5.74, 6) is 0.267. The van der Waals surface area contributed by atoms with Crippen molar-refractivity contribution in [1.82, 2.24) is 39.5 Å². The smallest absolute Gasteiger partial charge is 0.356 e. The van der Waals surface area contributed by atoms with Gasteiger partial charge in [-0.2, -0.15) is 20.4 Å². The topological polar surface area (TPSA) is 184 Å². The maximum atomic E-state index is 12.7. The molecule has 4 unspecified atom stereocenters. The Morgan fingerprint density at radius 3 is 2.06 bits per heavy atom. The third-order valence-corrected chi connectivity index (χ3v) is 14.5. The molecule has 0 aliphatic heterocycles. The number of fused-ring (bicyclic) bond motifs is 4. The van der Waals surface area contributed by atoms with Crippen LogP contribution in [0.4, 0.5) is 11.4 Å². The van der Waals surface area contributed by atoms with Gasteiger partial charge in [0.1, 0.15) is 6.73 Å². The SMILES string of the molecule is C.CC12Cc3[nH]nc(C(=O)Nc4cnn(Cc5ccccc5)c4)c3CC1C2.CC12Cc3c(c(C(=O)O)nn3COCC[Si](C)(C)C)CC1C2.Nc1cnn(Cc2ccccc2)c1. The summed E-state index contributed by atoms with van der Waals surface area (Å²) in [4.78, 5) is 24.1. The van der Waals surface area contributed by atoms with Crippen LogP contribution in [0, 0.1) is 22.7 Å². The first-order chi connectivity index (χ1) is 29.1. The lowest BCUT2D eigenvalue weighted by Gasteiger charge is -2.20. The molecule has 4 aliphatic rings. The van der Waals surface area contributed by atoms with Crippen molar-refractivity contribution in [3.63, 3.8) is 0 Å². The number of nitrogens with two attached hydrogens (primary N) is 1. The standard InChI is InChI=1S/C20H21N5O.C16H26N2O3Si.C10H11N3.CH4/c1-20-8-14(20)7-16-17(9-20)23-24-18(16)19(26)22-15-10-21-25(12-15)11-13-5-3-2-4-6-13;1-16-8-11(16)7-12-13(9-16)18(17-14(12)15(19)20)10-21-5-6-22(2,3)4;11-10-6-12-13(8-10)7-9-4-2-1-3-5-9;/h2-6,10,12,14H,7-9,11H2,1H3,(H,22,26)(H,23,24);11H,5-10H2,1-4H3,(H,19,20);1-6,8H,7,11H2;1H4. The number of nitrogens with one attached hydrogen (secondary N) is 2. The first-order valence-corrected chi connectivity index (χ1v) is 25.0. The quantitative estimate of drug-likeness (QED) is 0.0696. The third kappa shape index (κ3) is 10.4. The number of hydrogen-bond donors (Lipinski definition) is 4. The molecule has 4 aromatic heterocycles. The molecular formula is C47H62N10O4Si. The summed E-state index contributed by atoms with van der Waals surface area (Å²) in [6.45, 7) is 14.1. The van der Waals surface area contributed by atoms with Gasteiger partial charge in [-0.3, -0.25) is 19.3 Å². The summed E-state index contributed by atoms with van der Waals surface area (Å²) < 4.78 is 11.2. The zero-order valence-electron chi connectivity index (χ0n) is 35.9. The Kier molecular flexibility index (Phi) is 12.8. The van der Waals surface area contributed by atoms with Crippen LogP contribution in [-0.4, -0.2) is 71.2 Å². The van der Waals surface area contributed by atoms with E-state index in [1.165, 1.54) is 24.0 Å². The second-order valence-corrected chi connectivity index (χ2v) is 24.8. The number of anilines is 2. The monoisotopic (exact) mass is 858 g/mol. The highest BCUT2D eigenvalue weighted by Gasteiger charge is 2.55. The van der Waals surface area contributed by atoms with Crippen molar-refractivity contribution in [2.75, 3.05) is 17.7 Å². The fraction of sp³-hybridized carbons (Fsp3) is 0.447. The Morgan fingerprint density at radius 1 is 0.871 bits per heavy atom. The Hall–Kier alpha value is -5.80. The summed E-state index contributed by atoms with van der Waals surface area (Å²) in [6.07, 6.45) is 13.2. The van der Waals surface area contributed by atoms with E-state index < -0.39 is 14.0 Å². The molecule has 62 heavy (non-hydrogen) atoms. The molecule has 4 aliphatic carbocycles. The fourth-order valence-corrected chi connectivity index (χ4v) is 9.54. The van der Waals surface area contributed by atoms with Gasteiger partial charge in [0, 0.05) is 49.6 Å². The van der Waals surface area contributed by atoms with Crippen molar-refractivity contribution in [2.45, 2.75) is 105 Å². The van der Waals surface area contributed by atoms with Crippen LogP contribution in [0.2, 0.25) is 25.7 Å². The number of amides is 1. The second-order valence-electron chi connectivity index (χ2n) is 19.2. The molecule has 5 N–H and O–H groups in total. The van der Waals surface area contributed by atoms with Gasteiger partial charge in [-0.25, -0.2) is 9.48 Å². The molecule has 4 atom stereocenters. The highest BCUT2D eigenvalue weighted by atomic mass is 28.3. The predicted molar refractivity (Wildman–Crippen MR) is 244 cm³/mol. The fourth-order valence-electron chi connectivity index (χ4n) is 8.78. The minimum Gasteiger partial charge on any atom is -0.476 e. The van der Waals surface area contributed by atoms with Gasteiger partial charge in [-0.05, 0) is 78.4 Å². The number of aromatic nitrogens is 8. The van der Waals surface area contributed by atoms with Crippen molar-refractivity contribution < 1.29 is 19.4 Å². The number of carboxylic acid groups (broad SMARTS) is 1. The highest BCUT2D eigenvalue weighted by molar-refractivity contribution is 6.76. The zero-order chi connectivity index (χ0) is 42.9. The molecule has 15 heteroatoms. The van der Waals surface area contributed by atoms with Gasteiger partial charge in [0.15, 0.2) is 11.4 Å². The molecule has 0 radical (unpaired) electrons. The maximum absolute atomic E-state index is 12.7. The van der Waals surface area contributed by atoms with Crippen LogP contribution in [-0.2, 0) is 50.2 Å². The van der Waals surface area contributed by atoms with Crippen LogP contribution in [0.15, 0.2) is 85.5 Å². The molecule has 4 heterocycles. The summed E-state index contributed by atoms with van der Waals surface area (Å²) in [5, 5.41) is 32.4. The summed E-state index contributed by atoms with van der Waals surface area (Å²) in [6, 6.07) is 21.4. The first-order valence-electron chi connectivity index (χ1n) is 21.3. The number of benzene rings is 2. The Bertz CT molecular complexity index is 2490. The number of nitrogens with zero attached hydrogens (tertiary/aromatic N) is 7. The second kappa shape index (κ2) is 17.9. The van der Waals surface area contributed by atoms with Crippen LogP contribution in [0.3, 0.4) is 0 Å². The van der Waals surface area contributed by atoms with E-state index in [4.69, 9.17) is 10.5 Å². The van der Waals surface area contributed by atoms with Crippen molar-refractivity contribution in [3.05, 3.63) is 130 Å². The number of hydrogen-bond acceptors (Lipinski definition) is 8. The van der Waals surface area contributed by atoms with E-state index >= 15 is 0 Å². The number of carbonyl (C=O) groups is 2. The molecule has 328 valence electrons. The van der Waals surface area contributed by atoms with Crippen molar-refractivity contribution in [1.29, 1.82) is 0 Å². The molecule has 2 saturated carbocycles. The number of rotatable bonds is 12. The number of carbonyl (C=O) groups excluding carboxylic acids is 1. The molecule has 1 amide bonds. The minimum absolute atomic E-state index is 0.